The van der Waals surface area contributed by atoms with Gasteiger partial charge in [-0.2, -0.15) is 0 Å². The number of phenols is 1. The molecular formula is C36H39N3O4. The van der Waals surface area contributed by atoms with E-state index in [0.29, 0.717) is 12.8 Å². The Morgan fingerprint density at radius 1 is 0.884 bits per heavy atom. The molecule has 0 aromatic heterocycles. The van der Waals surface area contributed by atoms with Gasteiger partial charge < -0.3 is 15.6 Å². The van der Waals surface area contributed by atoms with E-state index in [4.69, 9.17) is 21.3 Å². The second-order valence-electron chi connectivity index (χ2n) is 9.48. The maximum atomic E-state index is 12.2. The fraction of sp³-hybridized carbons (Fsp3) is 0.167. The molecule has 0 amide bonds. The van der Waals surface area contributed by atoms with Gasteiger partial charge in [-0.05, 0) is 61.2 Å². The summed E-state index contributed by atoms with van der Waals surface area (Å²) in [6.07, 6.45) is 15.3. The van der Waals surface area contributed by atoms with Gasteiger partial charge in [0.15, 0.2) is 0 Å². The Morgan fingerprint density at radius 2 is 1.44 bits per heavy atom. The highest BCUT2D eigenvalue weighted by molar-refractivity contribution is 6.48. The van der Waals surface area contributed by atoms with Crippen LogP contribution in [0.2, 0.25) is 0 Å². The van der Waals surface area contributed by atoms with E-state index < -0.39 is 11.9 Å². The number of ether oxygens (including phenoxy) is 1. The summed E-state index contributed by atoms with van der Waals surface area (Å²) in [7, 11) is 0. The topological polar surface area (TPSA) is 137 Å². The van der Waals surface area contributed by atoms with Crippen LogP contribution in [-0.2, 0) is 20.7 Å². The normalized spacial score (nSPS) is 12.7. The molecule has 1 unspecified atom stereocenters. The number of anilines is 1. The summed E-state index contributed by atoms with van der Waals surface area (Å²) >= 11 is 0. The van der Waals surface area contributed by atoms with E-state index in [1.165, 1.54) is 18.6 Å². The van der Waals surface area contributed by atoms with Crippen LogP contribution in [0.3, 0.4) is 0 Å². The number of hydrogen-bond donors (Lipinski definition) is 4. The summed E-state index contributed by atoms with van der Waals surface area (Å²) in [5, 5.41) is 23.5. The van der Waals surface area contributed by atoms with Gasteiger partial charge in [0.2, 0.25) is 0 Å². The highest BCUT2D eigenvalue weighted by Gasteiger charge is 2.23. The number of aromatic hydroxyl groups is 1. The number of Topliss-reactive ketones (excluding diaryl/α,β-unsaturated/α-hetero) is 1. The smallest absolute Gasteiger partial charge is 0.316 e. The van der Waals surface area contributed by atoms with Gasteiger partial charge in [-0.25, -0.2) is 0 Å². The molecule has 4 rings (SSSR count). The molecule has 222 valence electrons. The van der Waals surface area contributed by atoms with Crippen LogP contribution in [0.15, 0.2) is 115 Å². The van der Waals surface area contributed by atoms with E-state index in [2.05, 4.69) is 18.2 Å². The van der Waals surface area contributed by atoms with E-state index in [1.54, 1.807) is 36.4 Å². The number of nitrogen functional groups attached to an aromatic ring is 1. The third-order valence-electron chi connectivity index (χ3n) is 6.07. The predicted molar refractivity (Wildman–Crippen MR) is 176 cm³/mol. The molecule has 7 nitrogen and oxygen atoms in total. The molecular weight excluding hydrogens is 538 g/mol. The van der Waals surface area contributed by atoms with Crippen molar-refractivity contribution in [1.82, 2.24) is 0 Å². The van der Waals surface area contributed by atoms with Gasteiger partial charge in [-0.15, -0.1) is 0 Å². The number of carbonyl (C=O) groups excluding carboxylic acids is 2. The zero-order chi connectivity index (χ0) is 31.5. The number of nitrogens with one attached hydrogen (secondary N) is 2. The molecule has 43 heavy (non-hydrogen) atoms. The van der Waals surface area contributed by atoms with Crippen molar-refractivity contribution in [3.05, 3.63) is 132 Å². The number of esters is 1. The van der Waals surface area contributed by atoms with Crippen LogP contribution in [0, 0.1) is 16.7 Å². The summed E-state index contributed by atoms with van der Waals surface area (Å²) in [6, 6.07) is 24.8. The first-order chi connectivity index (χ1) is 20.7. The first-order valence-corrected chi connectivity index (χ1v) is 13.9. The highest BCUT2D eigenvalue weighted by atomic mass is 16.5. The van der Waals surface area contributed by atoms with E-state index in [1.807, 2.05) is 73.7 Å². The molecule has 0 fully saturated rings. The lowest BCUT2D eigenvalue weighted by atomic mass is 10.0. The zero-order valence-electron chi connectivity index (χ0n) is 24.6. The molecule has 0 radical (unpaired) electrons. The number of rotatable bonds is 9. The first-order valence-electron chi connectivity index (χ1n) is 13.9. The molecule has 3 aromatic carbocycles. The van der Waals surface area contributed by atoms with Gasteiger partial charge in [-0.3, -0.25) is 20.4 Å². The molecule has 1 atom stereocenters. The fourth-order valence-corrected chi connectivity index (χ4v) is 3.70. The first kappa shape index (κ1) is 33.9. The van der Waals surface area contributed by atoms with E-state index >= 15 is 0 Å². The zero-order valence-corrected chi connectivity index (χ0v) is 24.6. The third-order valence-corrected chi connectivity index (χ3v) is 6.07. The lowest BCUT2D eigenvalue weighted by Crippen LogP contribution is -2.24. The lowest BCUT2D eigenvalue weighted by Gasteiger charge is -2.12. The van der Waals surface area contributed by atoms with Gasteiger partial charge in [-0.1, -0.05) is 103 Å². The minimum absolute atomic E-state index is 0.0209. The van der Waals surface area contributed by atoms with E-state index in [-0.39, 0.29) is 35.3 Å². The van der Waals surface area contributed by atoms with Crippen molar-refractivity contribution in [1.29, 1.82) is 10.8 Å². The summed E-state index contributed by atoms with van der Waals surface area (Å²) < 4.78 is 5.25. The lowest BCUT2D eigenvalue weighted by molar-refractivity contribution is -0.151. The van der Waals surface area contributed by atoms with Crippen LogP contribution < -0.4 is 5.73 Å². The Kier molecular flexibility index (Phi) is 14.9. The minimum Gasteiger partial charge on any atom is -0.506 e. The van der Waals surface area contributed by atoms with Crippen molar-refractivity contribution in [3.63, 3.8) is 0 Å². The summed E-state index contributed by atoms with van der Waals surface area (Å²) in [5.41, 5.74) is 9.60. The van der Waals surface area contributed by atoms with Gasteiger partial charge in [0.25, 0.3) is 0 Å². The summed E-state index contributed by atoms with van der Waals surface area (Å²) in [5.74, 6) is -1.53. The van der Waals surface area contributed by atoms with Crippen LogP contribution >= 0.6 is 0 Å². The predicted octanol–water partition coefficient (Wildman–Crippen LogP) is 7.24. The van der Waals surface area contributed by atoms with Crippen LogP contribution in [0.4, 0.5) is 5.69 Å². The van der Waals surface area contributed by atoms with E-state index in [0.717, 1.165) is 11.1 Å². The molecule has 0 saturated heterocycles. The van der Waals surface area contributed by atoms with Crippen molar-refractivity contribution < 1.29 is 19.4 Å². The molecule has 1 aliphatic carbocycles. The van der Waals surface area contributed by atoms with E-state index in [9.17, 15) is 14.7 Å². The van der Waals surface area contributed by atoms with Gasteiger partial charge in [0.1, 0.15) is 17.5 Å². The number of allylic oxidation sites excluding steroid dienone is 6. The number of phenolic OH excluding ortho intramolecular Hbond substituents is 1. The highest BCUT2D eigenvalue weighted by Crippen LogP contribution is 2.20. The van der Waals surface area contributed by atoms with Crippen LogP contribution in [0.25, 0.3) is 12.2 Å². The van der Waals surface area contributed by atoms with Crippen LogP contribution in [0.1, 0.15) is 37.0 Å². The molecule has 0 heterocycles. The fourth-order valence-electron chi connectivity index (χ4n) is 3.70. The van der Waals surface area contributed by atoms with Crippen molar-refractivity contribution in [2.45, 2.75) is 26.7 Å². The average molecular weight is 578 g/mol. The number of carbonyl (C=O) groups is 2. The van der Waals surface area contributed by atoms with Crippen molar-refractivity contribution in [3.8, 4) is 5.75 Å². The third kappa shape index (κ3) is 13.3. The molecule has 3 aromatic rings. The Labute approximate surface area is 253 Å². The second kappa shape index (κ2) is 18.9. The molecule has 7 heteroatoms. The standard InChI is InChI=1S/C21H23NO4.C9H10.C6H6N2/c1-15(23)18(9-5-8-16-6-3-2-4-7-16)21(25)26-13-12-17-10-11-20(24)19(22)14-17;1-2-6-9-7-4-3-5-8-9;7-5-3-1-2-4-6(5)8/h2-8,10-11,14,18,24H,9,12-13,22H2,1H3;2-8H,1H3;1-4,7-8H/b8-5+;6-2+;. The monoisotopic (exact) mass is 577 g/mol. The van der Waals surface area contributed by atoms with Crippen molar-refractivity contribution in [2.75, 3.05) is 12.3 Å². The van der Waals surface area contributed by atoms with Crippen LogP contribution in [-0.4, -0.2) is 34.9 Å². The Bertz CT molecular complexity index is 1450. The number of nitrogens with two attached hydrogens (primary N) is 1. The Morgan fingerprint density at radius 3 is 1.93 bits per heavy atom. The number of benzene rings is 3. The SMILES string of the molecule is C/C=C/c1ccccc1.CC(=O)C(C/C=C/c1ccccc1)C(=O)OCCc1ccc(O)c(N)c1.N=C1C=CC=CC1=N. The maximum absolute atomic E-state index is 12.2. The van der Waals surface area contributed by atoms with Gasteiger partial charge in [0.05, 0.1) is 23.7 Å². The quantitative estimate of drug-likeness (QED) is 0.0698. The molecule has 0 spiro atoms. The van der Waals surface area contributed by atoms with Crippen LogP contribution in [0.5, 0.6) is 5.75 Å². The molecule has 5 N–H and O–H groups in total. The number of hydrogen-bond acceptors (Lipinski definition) is 7. The second-order valence-corrected chi connectivity index (χ2v) is 9.48. The minimum atomic E-state index is -0.806. The molecule has 0 bridgehead atoms. The molecule has 1 aliphatic rings. The van der Waals surface area contributed by atoms with Crippen molar-refractivity contribution in [2.24, 2.45) is 5.92 Å². The largest absolute Gasteiger partial charge is 0.506 e. The van der Waals surface area contributed by atoms with Gasteiger partial charge >= 0.3 is 5.97 Å². The maximum Gasteiger partial charge on any atom is 0.316 e. The molecule has 0 aliphatic heterocycles. The average Bonchev–Trinajstić information content (AvgIpc) is 3.00. The number of ketones is 1. The Hall–Kier alpha value is -5.30. The molecule has 0 saturated carbocycles. The summed E-state index contributed by atoms with van der Waals surface area (Å²) in [6.45, 7) is 3.56. The van der Waals surface area contributed by atoms with Gasteiger partial charge in [0, 0.05) is 6.42 Å². The summed E-state index contributed by atoms with van der Waals surface area (Å²) in [4.78, 5) is 24.0. The van der Waals surface area contributed by atoms with Crippen molar-refractivity contribution >= 4 is 41.0 Å². The Balaban J connectivity index is 0.000000305.